The average molecular weight is 1990 g/mol. The number of rotatable bonds is 18. The third kappa shape index (κ3) is 21.1. The van der Waals surface area contributed by atoms with Crippen molar-refractivity contribution in [2.75, 3.05) is 34.4 Å². The smallest absolute Gasteiger partial charge is 0.264 e. The molecule has 0 amide bonds. The molecule has 0 aliphatic rings. The Balaban J connectivity index is 0.000000107. The lowest BCUT2D eigenvalue weighted by Gasteiger charge is -2.22. The Kier molecular flexibility index (Phi) is 26.9. The fourth-order valence-corrected chi connectivity index (χ4v) is 20.9. The fraction of sp³-hybridized carbons (Fsp3) is 0.124. The van der Waals surface area contributed by atoms with Crippen LogP contribution < -0.4 is 34.4 Å². The summed E-state index contributed by atoms with van der Waals surface area (Å²) in [5.74, 6) is 9.31. The first-order valence-electron chi connectivity index (χ1n) is 42.8. The van der Waals surface area contributed by atoms with E-state index in [0.29, 0.717) is 123 Å². The number of pyridine rings is 4. The molecule has 0 saturated carbocycles. The van der Waals surface area contributed by atoms with Gasteiger partial charge in [0.2, 0.25) is 17.5 Å². The zero-order valence-electron chi connectivity index (χ0n) is 74.9. The van der Waals surface area contributed by atoms with E-state index >= 15 is 0 Å². The number of nitrogen functional groups attached to an aromatic ring is 6. The highest BCUT2D eigenvalue weighted by Gasteiger charge is 2.31. The third-order valence-electron chi connectivity index (χ3n) is 21.4. The Labute approximate surface area is 824 Å². The molecule has 0 saturated heterocycles. The number of hydrogen-bond acceptors (Lipinski definition) is 42. The molecule has 0 aliphatic carbocycles. The van der Waals surface area contributed by atoms with Gasteiger partial charge in [0, 0.05) is 146 Å². The van der Waals surface area contributed by atoms with Crippen molar-refractivity contribution < 1.29 is 22.1 Å². The van der Waals surface area contributed by atoms with Gasteiger partial charge in [0.25, 0.3) is 17.7 Å². The average Bonchev–Trinajstić information content (AvgIpc) is 1.63. The van der Waals surface area contributed by atoms with Crippen molar-refractivity contribution in [2.45, 2.75) is 78.1 Å². The van der Waals surface area contributed by atoms with Gasteiger partial charge in [-0.25, -0.2) is 84.7 Å². The first kappa shape index (κ1) is 92.4. The van der Waals surface area contributed by atoms with Crippen LogP contribution in [-0.4, -0.2) is 125 Å². The number of aryl methyl sites for hydroxylation is 2. The minimum absolute atomic E-state index is 0.244. The van der Waals surface area contributed by atoms with Crippen molar-refractivity contribution in [3.05, 3.63) is 325 Å². The Hall–Kier alpha value is -16.6. The fourth-order valence-electron chi connectivity index (χ4n) is 14.3. The van der Waals surface area contributed by atoms with Crippen LogP contribution in [0.3, 0.4) is 0 Å². The number of nitrogens with zero attached hydrogens (tertiary/aromatic N) is 25. The number of nitrogens with two attached hydrogens (primary N) is 6. The van der Waals surface area contributed by atoms with E-state index in [2.05, 4.69) is 158 Å². The predicted molar refractivity (Wildman–Crippen MR) is 545 cm³/mol. The molecule has 0 atom stereocenters. The lowest BCUT2D eigenvalue weighted by atomic mass is 9.87. The molecule has 43 heteroatoms. The van der Waals surface area contributed by atoms with Crippen LogP contribution in [0.1, 0.15) is 103 Å². The van der Waals surface area contributed by atoms with Crippen LogP contribution in [0.15, 0.2) is 267 Å². The van der Waals surface area contributed by atoms with Gasteiger partial charge in [-0.3, -0.25) is 39.9 Å². The maximum atomic E-state index is 6.18. The molecule has 694 valence electrons. The van der Waals surface area contributed by atoms with E-state index < -0.39 is 0 Å². The number of hydrogen-bond donors (Lipinski definition) is 6. The van der Waals surface area contributed by atoms with Gasteiger partial charge in [-0.15, -0.1) is 68.0 Å². The molecule has 140 heavy (non-hydrogen) atoms. The second-order valence-corrected chi connectivity index (χ2v) is 38.9. The minimum atomic E-state index is -0.248. The van der Waals surface area contributed by atoms with Gasteiger partial charge < -0.3 is 56.5 Å². The molecular weight excluding hydrogens is 1910 g/mol. The molecule has 12 N–H and O–H groups in total. The number of halogens is 1. The lowest BCUT2D eigenvalue weighted by Crippen LogP contribution is -2.18. The largest absolute Gasteiger partial charge is 0.458 e. The molecule has 24 aromatic heterocycles. The Morgan fingerprint density at radius 1 is 0.300 bits per heavy atom. The second-order valence-electron chi connectivity index (χ2n) is 32.0. The van der Waals surface area contributed by atoms with Crippen LogP contribution in [0.5, 0.6) is 0 Å². The predicted octanol–water partition coefficient (Wildman–Crippen LogP) is 20.0. The molecule has 0 unspecified atom stereocenters. The normalized spacial score (nSPS) is 11.4. The summed E-state index contributed by atoms with van der Waals surface area (Å²) in [6.07, 6.45) is 34.2. The van der Waals surface area contributed by atoms with E-state index in [-0.39, 0.29) is 10.8 Å². The Morgan fingerprint density at radius 3 is 1.01 bits per heavy atom. The van der Waals surface area contributed by atoms with Crippen LogP contribution >= 0.6 is 79.6 Å². The first-order valence-corrected chi connectivity index (χ1v) is 48.1. The van der Waals surface area contributed by atoms with E-state index in [0.717, 1.165) is 149 Å². The van der Waals surface area contributed by atoms with E-state index in [9.17, 15) is 0 Å². The van der Waals surface area contributed by atoms with Crippen molar-refractivity contribution in [1.29, 1.82) is 0 Å². The second kappa shape index (κ2) is 40.7. The van der Waals surface area contributed by atoms with E-state index in [1.165, 1.54) is 18.8 Å². The SMILES string of the molecule is CC(C)(c1ccccn1)c1cc2c(N)nc(-c3cnccn3)nc2s1.CC(C)(c1ccccn1)c1cc2c(N)nc(-c3ncco3)nc2s1.Cc1ccc(-c2nc(N)c3cc(Cc4ccc(Cl)nc4)sc3n2)o1.Cc1ccc(-c2nc(N)c3cc(Cc4cnccn4)sc3n2)o1.Nc1nc(-c2ncco2)nc2sc(Cc3ccccn3)cc12.Nc1nc(-c2ncco2)nc2sc(Cc3cnccn3)cc12. The topological polar surface area (TPSA) is 544 Å². The Morgan fingerprint density at radius 2 is 0.657 bits per heavy atom. The molecule has 0 spiro atoms. The molecule has 24 heterocycles. The highest BCUT2D eigenvalue weighted by Crippen LogP contribution is 2.43. The zero-order valence-corrected chi connectivity index (χ0v) is 80.6. The van der Waals surface area contributed by atoms with E-state index in [1.807, 2.05) is 135 Å². The maximum Gasteiger partial charge on any atom is 0.264 e. The standard InChI is InChI=1S/C18H16N6S.C17H13ClN4OS.C17H15N5OS.C16H13N5OS.C15H11N5OS.C14H10N6OS/c1-18(2,13-5-3-4-6-22-13)14-9-11-15(19)23-16(24-17(11)25-14)12-10-20-7-8-21-12;1-9-2-4-13(23-9)16-21-15(19)12-7-11(24-17(12)22-16)6-10-3-5-14(18)20-8-10;1-17(2,11-5-3-4-6-19-11)12-9-10-13(18)21-14(22-16(10)24-12)15-20-7-8-23-15;1-9-2-3-13(22-9)15-20-14(17)12-7-11(23-16(12)21-15)6-10-8-18-4-5-19-10;16-12-11-8-10(7-9-3-1-2-4-17-9)22-15(11)20-13(19-12)14-18-5-6-21-14;15-11-10-6-9(5-8-7-16-1-2-17-8)22-14(10)20-12(19-11)13-18-3-4-21-13/h3-10H,1-2H3,(H2,19,23,24);2-5,7-8H,6H2,1H3,(H2,19,21,22);3-9H,1-2H3,(H2,18,21,22);2-5,7-8H,6H2,1H3,(H2,17,20,21);1-6,8H,7H2,(H2,16,19,20);1-4,6-7H,5H2,(H2,15,19,20). The van der Waals surface area contributed by atoms with Gasteiger partial charge in [-0.05, 0) is 150 Å². The van der Waals surface area contributed by atoms with Crippen LogP contribution in [-0.2, 0) is 36.5 Å². The molecule has 0 fully saturated rings. The quantitative estimate of drug-likeness (QED) is 0.0434. The van der Waals surface area contributed by atoms with Gasteiger partial charge in [0.05, 0.1) is 79.9 Å². The molecule has 0 bridgehead atoms. The minimum Gasteiger partial charge on any atom is -0.458 e. The molecule has 36 nitrogen and oxygen atoms in total. The van der Waals surface area contributed by atoms with E-state index in [1.54, 1.807) is 167 Å². The van der Waals surface area contributed by atoms with Crippen molar-refractivity contribution in [1.82, 2.24) is 125 Å². The summed E-state index contributed by atoms with van der Waals surface area (Å²) in [7, 11) is 0. The van der Waals surface area contributed by atoms with Crippen molar-refractivity contribution in [3.63, 3.8) is 0 Å². The molecule has 0 aromatic carbocycles. The summed E-state index contributed by atoms with van der Waals surface area (Å²) in [5, 5.41) is 5.60. The number of fused-ring (bicyclic) bond motifs is 6. The van der Waals surface area contributed by atoms with Crippen LogP contribution in [0.2, 0.25) is 5.15 Å². The van der Waals surface area contributed by atoms with Gasteiger partial charge in [-0.2, -0.15) is 0 Å². The number of furan rings is 2. The Bertz CT molecular complexity index is 8230. The van der Waals surface area contributed by atoms with Gasteiger partial charge >= 0.3 is 0 Å². The molecule has 0 aliphatic heterocycles. The summed E-state index contributed by atoms with van der Waals surface area (Å²) >= 11 is 15.3. The van der Waals surface area contributed by atoms with Crippen LogP contribution in [0, 0.1) is 13.8 Å². The van der Waals surface area contributed by atoms with Crippen molar-refractivity contribution in [3.8, 4) is 69.8 Å². The monoisotopic (exact) mass is 1980 g/mol. The summed E-state index contributed by atoms with van der Waals surface area (Å²) in [6, 6.07) is 41.1. The van der Waals surface area contributed by atoms with Crippen LogP contribution in [0.25, 0.3) is 131 Å². The van der Waals surface area contributed by atoms with Crippen LogP contribution in [0.4, 0.5) is 34.9 Å². The lowest BCUT2D eigenvalue weighted by molar-refractivity contribution is 0.544. The van der Waals surface area contributed by atoms with Gasteiger partial charge in [-0.1, -0.05) is 35.9 Å². The highest BCUT2D eigenvalue weighted by atomic mass is 35.5. The summed E-state index contributed by atoms with van der Waals surface area (Å²) in [5.41, 5.74) is 42.6. The van der Waals surface area contributed by atoms with Gasteiger partial charge in [0.1, 0.15) is 105 Å². The van der Waals surface area contributed by atoms with E-state index in [4.69, 9.17) is 68.1 Å². The summed E-state index contributed by atoms with van der Waals surface area (Å²) in [4.78, 5) is 120. The first-order chi connectivity index (χ1) is 68.0. The molecule has 0 radical (unpaired) electrons. The van der Waals surface area contributed by atoms with Crippen molar-refractivity contribution >= 4 is 176 Å². The maximum absolute atomic E-state index is 6.18. The number of oxazole rings is 3. The molecular formula is C97H78ClN31O5S6. The summed E-state index contributed by atoms with van der Waals surface area (Å²) < 4.78 is 26.9. The highest BCUT2D eigenvalue weighted by molar-refractivity contribution is 7.20. The third-order valence-corrected chi connectivity index (χ3v) is 28.4. The zero-order chi connectivity index (χ0) is 96.5. The van der Waals surface area contributed by atoms with Gasteiger partial charge in [0.15, 0.2) is 29.0 Å². The number of aromatic nitrogens is 25. The number of thiophene rings is 6. The summed E-state index contributed by atoms with van der Waals surface area (Å²) in [6.45, 7) is 12.3. The number of anilines is 6. The van der Waals surface area contributed by atoms with Crippen molar-refractivity contribution in [2.24, 2.45) is 0 Å². The molecule has 24 rings (SSSR count). The molecule has 24 aromatic rings.